The predicted octanol–water partition coefficient (Wildman–Crippen LogP) is 5.04. The molecule has 1 aromatic carbocycles. The molecule has 4 heteroatoms. The van der Waals surface area contributed by atoms with Crippen molar-refractivity contribution in [2.75, 3.05) is 0 Å². The molecule has 1 nitrogen and oxygen atoms in total. The quantitative estimate of drug-likeness (QED) is 0.840. The second-order valence-electron chi connectivity index (χ2n) is 5.37. The smallest absolute Gasteiger partial charge is 0.0453 e. The van der Waals surface area contributed by atoms with Crippen molar-refractivity contribution in [1.82, 2.24) is 0 Å². The van der Waals surface area contributed by atoms with E-state index in [-0.39, 0.29) is 6.04 Å². The molecule has 0 fully saturated rings. The number of thiophene rings is 1. The molecule has 2 atom stereocenters. The third kappa shape index (κ3) is 2.75. The summed E-state index contributed by atoms with van der Waals surface area (Å²) in [7, 11) is 0. The monoisotopic (exact) mass is 325 g/mol. The van der Waals surface area contributed by atoms with Crippen LogP contribution in [0.4, 0.5) is 0 Å². The third-order valence-corrected chi connectivity index (χ3v) is 5.82. The largest absolute Gasteiger partial charge is 0.327 e. The molecular weight excluding hydrogens is 309 g/mol. The third-order valence-electron chi connectivity index (χ3n) is 4.12. The summed E-state index contributed by atoms with van der Waals surface area (Å²) in [6.45, 7) is 0. The van der Waals surface area contributed by atoms with E-state index in [0.29, 0.717) is 16.0 Å². The highest BCUT2D eigenvalue weighted by Gasteiger charge is 2.27. The predicted molar refractivity (Wildman–Crippen MR) is 88.1 cm³/mol. The topological polar surface area (TPSA) is 26.0 Å². The Morgan fingerprint density at radius 3 is 2.75 bits per heavy atom. The second-order valence-corrected chi connectivity index (χ2v) is 7.18. The fraction of sp³-hybridized carbons (Fsp3) is 0.375. The number of hydrogen-bond donors (Lipinski definition) is 1. The van der Waals surface area contributed by atoms with Gasteiger partial charge in [0.05, 0.1) is 0 Å². The van der Waals surface area contributed by atoms with Crippen LogP contribution in [0.2, 0.25) is 10.0 Å². The molecule has 0 saturated heterocycles. The van der Waals surface area contributed by atoms with E-state index in [9.17, 15) is 0 Å². The van der Waals surface area contributed by atoms with Crippen LogP contribution in [0, 0.1) is 0 Å². The van der Waals surface area contributed by atoms with Crippen LogP contribution in [0.25, 0.3) is 0 Å². The zero-order chi connectivity index (χ0) is 14.1. The fourth-order valence-corrected chi connectivity index (χ4v) is 4.62. The van der Waals surface area contributed by atoms with E-state index in [1.54, 1.807) is 0 Å². The van der Waals surface area contributed by atoms with E-state index in [1.165, 1.54) is 23.3 Å². The first-order valence-corrected chi connectivity index (χ1v) is 8.55. The maximum Gasteiger partial charge on any atom is 0.0453 e. The molecule has 1 heterocycles. The number of benzene rings is 1. The van der Waals surface area contributed by atoms with Gasteiger partial charge in [-0.2, -0.15) is 0 Å². The van der Waals surface area contributed by atoms with Crippen molar-refractivity contribution >= 4 is 34.5 Å². The Bertz CT molecular complexity index is 588. The lowest BCUT2D eigenvalue weighted by Crippen LogP contribution is -2.32. The highest BCUT2D eigenvalue weighted by atomic mass is 35.5. The van der Waals surface area contributed by atoms with Crippen molar-refractivity contribution in [3.63, 3.8) is 0 Å². The zero-order valence-electron chi connectivity index (χ0n) is 11.1. The van der Waals surface area contributed by atoms with Crippen molar-refractivity contribution < 1.29 is 0 Å². The summed E-state index contributed by atoms with van der Waals surface area (Å²) in [5, 5.41) is 3.61. The average Bonchev–Trinajstić information content (AvgIpc) is 2.91. The fourth-order valence-electron chi connectivity index (χ4n) is 3.07. The van der Waals surface area contributed by atoms with Gasteiger partial charge < -0.3 is 5.73 Å². The molecule has 2 unspecified atom stereocenters. The van der Waals surface area contributed by atoms with E-state index in [1.807, 2.05) is 29.5 Å². The SMILES string of the molecule is NC(Cc1c(Cl)cccc1Cl)C1CCCc2sccc21. The molecular formula is C16H17Cl2NS. The van der Waals surface area contributed by atoms with Crippen molar-refractivity contribution in [2.24, 2.45) is 5.73 Å². The molecule has 2 N–H and O–H groups in total. The van der Waals surface area contributed by atoms with Crippen molar-refractivity contribution in [2.45, 2.75) is 37.6 Å². The van der Waals surface area contributed by atoms with Gasteiger partial charge >= 0.3 is 0 Å². The molecule has 2 aromatic rings. The Labute approximate surface area is 133 Å². The summed E-state index contributed by atoms with van der Waals surface area (Å²) < 4.78 is 0. The van der Waals surface area contributed by atoms with Crippen LogP contribution in [0.15, 0.2) is 29.6 Å². The van der Waals surface area contributed by atoms with Crippen LogP contribution in [0.5, 0.6) is 0 Å². The molecule has 0 radical (unpaired) electrons. The van der Waals surface area contributed by atoms with Crippen LogP contribution in [-0.2, 0) is 12.8 Å². The average molecular weight is 326 g/mol. The first-order valence-electron chi connectivity index (χ1n) is 6.91. The van der Waals surface area contributed by atoms with E-state index >= 15 is 0 Å². The summed E-state index contributed by atoms with van der Waals surface area (Å²) in [6.07, 6.45) is 4.32. The number of rotatable bonds is 3. The van der Waals surface area contributed by atoms with Gasteiger partial charge in [0.25, 0.3) is 0 Å². The Balaban J connectivity index is 1.83. The lowest BCUT2D eigenvalue weighted by atomic mass is 9.81. The van der Waals surface area contributed by atoms with Gasteiger partial charge in [-0.1, -0.05) is 29.3 Å². The highest BCUT2D eigenvalue weighted by molar-refractivity contribution is 7.10. The standard InChI is InChI=1S/C16H17Cl2NS/c17-13-4-2-5-14(18)12(13)9-15(19)10-3-1-6-16-11(10)7-8-20-16/h2,4-5,7-8,10,15H,1,3,6,9,19H2. The first-order chi connectivity index (χ1) is 9.66. The van der Waals surface area contributed by atoms with Crippen LogP contribution >= 0.6 is 34.5 Å². The maximum absolute atomic E-state index is 6.48. The first kappa shape index (κ1) is 14.4. The van der Waals surface area contributed by atoms with Crippen LogP contribution in [0.1, 0.15) is 34.8 Å². The summed E-state index contributed by atoms with van der Waals surface area (Å²) in [5.41, 5.74) is 8.90. The molecule has 106 valence electrons. The van der Waals surface area contributed by atoms with Gasteiger partial charge in [-0.05, 0) is 60.4 Å². The minimum Gasteiger partial charge on any atom is -0.327 e. The Kier molecular flexibility index (Phi) is 4.37. The Morgan fingerprint density at radius 1 is 1.25 bits per heavy atom. The lowest BCUT2D eigenvalue weighted by Gasteiger charge is -2.28. The molecule has 0 spiro atoms. The number of nitrogens with two attached hydrogens (primary N) is 1. The molecule has 0 saturated carbocycles. The van der Waals surface area contributed by atoms with E-state index in [0.717, 1.165) is 18.4 Å². The van der Waals surface area contributed by atoms with Crippen molar-refractivity contribution in [3.05, 3.63) is 55.7 Å². The maximum atomic E-state index is 6.48. The van der Waals surface area contributed by atoms with Gasteiger partial charge in [-0.25, -0.2) is 0 Å². The molecule has 3 rings (SSSR count). The second kappa shape index (κ2) is 6.07. The van der Waals surface area contributed by atoms with E-state index in [4.69, 9.17) is 28.9 Å². The van der Waals surface area contributed by atoms with Gasteiger partial charge in [-0.3, -0.25) is 0 Å². The molecule has 1 aromatic heterocycles. The van der Waals surface area contributed by atoms with Crippen LogP contribution in [0.3, 0.4) is 0 Å². The summed E-state index contributed by atoms with van der Waals surface area (Å²) in [4.78, 5) is 1.50. The minimum absolute atomic E-state index is 0.0704. The number of aryl methyl sites for hydroxylation is 1. The number of hydrogen-bond acceptors (Lipinski definition) is 2. The summed E-state index contributed by atoms with van der Waals surface area (Å²) in [6, 6.07) is 7.94. The molecule has 20 heavy (non-hydrogen) atoms. The van der Waals surface area contributed by atoms with Gasteiger partial charge in [0, 0.05) is 26.9 Å². The van der Waals surface area contributed by atoms with Gasteiger partial charge in [0.1, 0.15) is 0 Å². The van der Waals surface area contributed by atoms with Crippen LogP contribution < -0.4 is 5.73 Å². The Morgan fingerprint density at radius 2 is 2.00 bits per heavy atom. The molecule has 1 aliphatic rings. The van der Waals surface area contributed by atoms with Gasteiger partial charge in [-0.15, -0.1) is 11.3 Å². The van der Waals surface area contributed by atoms with Crippen molar-refractivity contribution in [1.29, 1.82) is 0 Å². The highest BCUT2D eigenvalue weighted by Crippen LogP contribution is 2.38. The van der Waals surface area contributed by atoms with Gasteiger partial charge in [0.15, 0.2) is 0 Å². The minimum atomic E-state index is 0.0704. The number of halogens is 2. The zero-order valence-corrected chi connectivity index (χ0v) is 13.4. The molecule has 0 aliphatic heterocycles. The number of fused-ring (bicyclic) bond motifs is 1. The van der Waals surface area contributed by atoms with Crippen LogP contribution in [-0.4, -0.2) is 6.04 Å². The summed E-state index contributed by atoms with van der Waals surface area (Å²) in [5.74, 6) is 0.428. The molecule has 1 aliphatic carbocycles. The van der Waals surface area contributed by atoms with Gasteiger partial charge in [0.2, 0.25) is 0 Å². The lowest BCUT2D eigenvalue weighted by molar-refractivity contribution is 0.464. The normalized spacial score (nSPS) is 19.6. The summed E-state index contributed by atoms with van der Waals surface area (Å²) >= 11 is 14.4. The van der Waals surface area contributed by atoms with Crippen molar-refractivity contribution in [3.8, 4) is 0 Å². The molecule has 0 bridgehead atoms. The van der Waals surface area contributed by atoms with E-state index < -0.39 is 0 Å². The van der Waals surface area contributed by atoms with E-state index in [2.05, 4.69) is 11.4 Å². The Hall–Kier alpha value is -0.540. The molecule has 0 amide bonds.